The molecule has 1 aromatic heterocycles. The molecule has 0 bridgehead atoms. The van der Waals surface area contributed by atoms with Crippen LogP contribution >= 0.6 is 0 Å². The summed E-state index contributed by atoms with van der Waals surface area (Å²) in [6.07, 6.45) is 1.35. The SMILES string of the molecule is CCn1ccc(=O)c2cc(F)c(F)c(F)c21. The van der Waals surface area contributed by atoms with Crippen LogP contribution in [0, 0.1) is 17.5 Å². The molecule has 5 heteroatoms. The lowest BCUT2D eigenvalue weighted by Crippen LogP contribution is -2.10. The fraction of sp³-hybridized carbons (Fsp3) is 0.182. The lowest BCUT2D eigenvalue weighted by molar-refractivity contribution is 0.450. The largest absolute Gasteiger partial charge is 0.345 e. The van der Waals surface area contributed by atoms with Gasteiger partial charge in [0.2, 0.25) is 0 Å². The lowest BCUT2D eigenvalue weighted by Gasteiger charge is -2.09. The third-order valence-corrected chi connectivity index (χ3v) is 2.44. The van der Waals surface area contributed by atoms with Gasteiger partial charge < -0.3 is 4.57 Å². The highest BCUT2D eigenvalue weighted by Gasteiger charge is 2.16. The average Bonchev–Trinajstić information content (AvgIpc) is 2.27. The predicted octanol–water partition coefficient (Wildman–Crippen LogP) is 2.44. The molecule has 0 aliphatic rings. The quantitative estimate of drug-likeness (QED) is 0.686. The summed E-state index contributed by atoms with van der Waals surface area (Å²) in [5, 5.41) is -0.152. The zero-order chi connectivity index (χ0) is 11.9. The average molecular weight is 227 g/mol. The molecule has 2 nitrogen and oxygen atoms in total. The van der Waals surface area contributed by atoms with Crippen LogP contribution < -0.4 is 5.43 Å². The van der Waals surface area contributed by atoms with E-state index in [1.807, 2.05) is 0 Å². The molecule has 16 heavy (non-hydrogen) atoms. The Morgan fingerprint density at radius 1 is 1.25 bits per heavy atom. The molecular formula is C11H8F3NO. The van der Waals surface area contributed by atoms with Gasteiger partial charge in [0.25, 0.3) is 0 Å². The van der Waals surface area contributed by atoms with Crippen LogP contribution in [0.2, 0.25) is 0 Å². The molecule has 1 aromatic carbocycles. The van der Waals surface area contributed by atoms with Crippen LogP contribution in [0.5, 0.6) is 0 Å². The van der Waals surface area contributed by atoms with E-state index in [1.54, 1.807) is 6.92 Å². The van der Waals surface area contributed by atoms with Gasteiger partial charge in [-0.15, -0.1) is 0 Å². The summed E-state index contributed by atoms with van der Waals surface area (Å²) in [6.45, 7) is 2.07. The monoisotopic (exact) mass is 227 g/mol. The molecule has 0 amide bonds. The van der Waals surface area contributed by atoms with Gasteiger partial charge in [0.15, 0.2) is 22.9 Å². The van der Waals surface area contributed by atoms with Crippen molar-refractivity contribution >= 4 is 10.9 Å². The number of aryl methyl sites for hydroxylation is 1. The van der Waals surface area contributed by atoms with Crippen molar-refractivity contribution in [2.24, 2.45) is 0 Å². The van der Waals surface area contributed by atoms with Crippen LogP contribution in [0.15, 0.2) is 23.1 Å². The number of nitrogens with zero attached hydrogens (tertiary/aromatic N) is 1. The number of rotatable bonds is 1. The Bertz CT molecular complexity index is 619. The second kappa shape index (κ2) is 3.66. The number of aromatic nitrogens is 1. The maximum atomic E-state index is 13.5. The van der Waals surface area contributed by atoms with Gasteiger partial charge in [-0.05, 0) is 13.0 Å². The molecule has 0 spiro atoms. The Morgan fingerprint density at radius 3 is 2.56 bits per heavy atom. The number of hydrogen-bond acceptors (Lipinski definition) is 1. The third-order valence-electron chi connectivity index (χ3n) is 2.44. The summed E-state index contributed by atoms with van der Waals surface area (Å²) in [5.74, 6) is -4.23. The van der Waals surface area contributed by atoms with Crippen LogP contribution in [-0.4, -0.2) is 4.57 Å². The molecule has 0 N–H and O–H groups in total. The fourth-order valence-electron chi connectivity index (χ4n) is 1.64. The van der Waals surface area contributed by atoms with Crippen LogP contribution in [0.3, 0.4) is 0 Å². The number of halogens is 3. The van der Waals surface area contributed by atoms with Gasteiger partial charge in [0.1, 0.15) is 0 Å². The Kier molecular flexibility index (Phi) is 2.46. The summed E-state index contributed by atoms with van der Waals surface area (Å²) in [5.41, 5.74) is -0.730. The van der Waals surface area contributed by atoms with Crippen molar-refractivity contribution in [1.29, 1.82) is 0 Å². The normalized spacial score (nSPS) is 11.0. The summed E-state index contributed by atoms with van der Waals surface area (Å²) in [4.78, 5) is 11.4. The highest BCUT2D eigenvalue weighted by atomic mass is 19.2. The van der Waals surface area contributed by atoms with Crippen molar-refractivity contribution in [3.63, 3.8) is 0 Å². The van der Waals surface area contributed by atoms with Gasteiger partial charge in [0.05, 0.1) is 10.9 Å². The molecule has 0 aliphatic carbocycles. The highest BCUT2D eigenvalue weighted by Crippen LogP contribution is 2.20. The van der Waals surface area contributed by atoms with Crippen molar-refractivity contribution in [3.8, 4) is 0 Å². The molecule has 0 unspecified atom stereocenters. The minimum absolute atomic E-state index is 0.152. The van der Waals surface area contributed by atoms with Crippen LogP contribution in [0.25, 0.3) is 10.9 Å². The molecule has 0 fully saturated rings. The second-order valence-corrected chi connectivity index (χ2v) is 3.35. The summed E-state index contributed by atoms with van der Waals surface area (Å²) >= 11 is 0. The van der Waals surface area contributed by atoms with Crippen molar-refractivity contribution in [2.45, 2.75) is 13.5 Å². The summed E-state index contributed by atoms with van der Waals surface area (Å²) in [6, 6.07) is 1.92. The first kappa shape index (κ1) is 10.7. The first-order valence-electron chi connectivity index (χ1n) is 4.73. The van der Waals surface area contributed by atoms with E-state index >= 15 is 0 Å². The second-order valence-electron chi connectivity index (χ2n) is 3.35. The zero-order valence-electron chi connectivity index (χ0n) is 8.43. The Hall–Kier alpha value is -1.78. The van der Waals surface area contributed by atoms with Crippen LogP contribution in [-0.2, 0) is 6.54 Å². The van der Waals surface area contributed by atoms with Crippen LogP contribution in [0.4, 0.5) is 13.2 Å². The Labute approximate surface area is 88.9 Å². The standard InChI is InChI=1S/C11H8F3NO/c1-2-15-4-3-8(16)6-5-7(12)9(13)10(14)11(6)15/h3-5H,2H2,1H3. The smallest absolute Gasteiger partial charge is 0.196 e. The minimum Gasteiger partial charge on any atom is -0.345 e. The molecule has 1 heterocycles. The molecule has 0 saturated carbocycles. The van der Waals surface area contributed by atoms with Crippen molar-refractivity contribution in [2.75, 3.05) is 0 Å². The molecular weight excluding hydrogens is 219 g/mol. The van der Waals surface area contributed by atoms with Crippen molar-refractivity contribution in [1.82, 2.24) is 4.57 Å². The number of pyridine rings is 1. The van der Waals surface area contributed by atoms with Gasteiger partial charge >= 0.3 is 0 Å². The van der Waals surface area contributed by atoms with Gasteiger partial charge in [-0.25, -0.2) is 13.2 Å². The maximum Gasteiger partial charge on any atom is 0.196 e. The summed E-state index contributed by atoms with van der Waals surface area (Å²) in [7, 11) is 0. The zero-order valence-corrected chi connectivity index (χ0v) is 8.43. The molecule has 0 radical (unpaired) electrons. The van der Waals surface area contributed by atoms with E-state index in [1.165, 1.54) is 16.8 Å². The fourth-order valence-corrected chi connectivity index (χ4v) is 1.64. The minimum atomic E-state index is -1.56. The number of fused-ring (bicyclic) bond motifs is 1. The van der Waals surface area contributed by atoms with Gasteiger partial charge in [-0.3, -0.25) is 4.79 Å². The van der Waals surface area contributed by atoms with Gasteiger partial charge in [-0.2, -0.15) is 0 Å². The first-order valence-corrected chi connectivity index (χ1v) is 4.73. The lowest BCUT2D eigenvalue weighted by atomic mass is 10.2. The van der Waals surface area contributed by atoms with E-state index in [2.05, 4.69) is 0 Å². The molecule has 2 rings (SSSR count). The molecule has 84 valence electrons. The third kappa shape index (κ3) is 1.39. The van der Waals surface area contributed by atoms with E-state index in [0.717, 1.165) is 6.07 Å². The van der Waals surface area contributed by atoms with E-state index < -0.39 is 22.9 Å². The van der Waals surface area contributed by atoms with Crippen LogP contribution in [0.1, 0.15) is 6.92 Å². The van der Waals surface area contributed by atoms with E-state index in [4.69, 9.17) is 0 Å². The first-order chi connectivity index (χ1) is 7.56. The number of hydrogen-bond donors (Lipinski definition) is 0. The Morgan fingerprint density at radius 2 is 1.94 bits per heavy atom. The molecule has 0 aliphatic heterocycles. The highest BCUT2D eigenvalue weighted by molar-refractivity contribution is 5.79. The van der Waals surface area contributed by atoms with E-state index in [9.17, 15) is 18.0 Å². The molecule has 0 saturated heterocycles. The van der Waals surface area contributed by atoms with Gasteiger partial charge in [0, 0.05) is 18.8 Å². The van der Waals surface area contributed by atoms with Crippen molar-refractivity contribution < 1.29 is 13.2 Å². The van der Waals surface area contributed by atoms with Crippen molar-refractivity contribution in [3.05, 3.63) is 46.0 Å². The van der Waals surface area contributed by atoms with E-state index in [-0.39, 0.29) is 10.9 Å². The van der Waals surface area contributed by atoms with Gasteiger partial charge in [-0.1, -0.05) is 0 Å². The molecule has 0 atom stereocenters. The summed E-state index contributed by atoms with van der Waals surface area (Å²) < 4.78 is 40.9. The number of benzene rings is 1. The topological polar surface area (TPSA) is 22.0 Å². The molecule has 2 aromatic rings. The maximum absolute atomic E-state index is 13.5. The predicted molar refractivity (Wildman–Crippen MR) is 53.8 cm³/mol. The van der Waals surface area contributed by atoms with E-state index in [0.29, 0.717) is 6.54 Å². The Balaban J connectivity index is 3.05.